The number of carbonyl (C=O) groups is 1. The van der Waals surface area contributed by atoms with Gasteiger partial charge in [0.25, 0.3) is 0 Å². The van der Waals surface area contributed by atoms with Gasteiger partial charge in [-0.2, -0.15) is 0 Å². The van der Waals surface area contributed by atoms with Gasteiger partial charge in [0.1, 0.15) is 6.04 Å². The van der Waals surface area contributed by atoms with Gasteiger partial charge in [0, 0.05) is 15.5 Å². The Balaban J connectivity index is 2.37. The molecule has 0 saturated carbocycles. The van der Waals surface area contributed by atoms with Crippen molar-refractivity contribution in [2.45, 2.75) is 19.0 Å². The van der Waals surface area contributed by atoms with Gasteiger partial charge in [-0.15, -0.1) is 0 Å². The molecule has 1 aliphatic rings. The summed E-state index contributed by atoms with van der Waals surface area (Å²) in [7, 11) is 0. The number of nitrogens with one attached hydrogen (secondary N) is 1. The van der Waals surface area contributed by atoms with E-state index in [1.54, 1.807) is 0 Å². The second-order valence-electron chi connectivity index (χ2n) is 3.50. The van der Waals surface area contributed by atoms with Crippen molar-refractivity contribution in [1.29, 1.82) is 0 Å². The molecule has 0 amide bonds. The maximum Gasteiger partial charge on any atom is 0.321 e. The first kappa shape index (κ1) is 11.1. The number of rotatable bonds is 1. The van der Waals surface area contributed by atoms with Crippen molar-refractivity contribution in [3.05, 3.63) is 32.2 Å². The van der Waals surface area contributed by atoms with Crippen LogP contribution in [0.15, 0.2) is 21.1 Å². The molecule has 0 radical (unpaired) electrons. The SMILES string of the molecule is O=C(O)C1Cc2cc(Br)cc(Br)c2CN1. The number of benzene rings is 1. The lowest BCUT2D eigenvalue weighted by molar-refractivity contribution is -0.139. The Hall–Kier alpha value is -0.390. The summed E-state index contributed by atoms with van der Waals surface area (Å²) < 4.78 is 1.99. The lowest BCUT2D eigenvalue weighted by Gasteiger charge is -2.24. The second kappa shape index (κ2) is 4.23. The fraction of sp³-hybridized carbons (Fsp3) is 0.300. The number of hydrogen-bond donors (Lipinski definition) is 2. The van der Waals surface area contributed by atoms with Crippen LogP contribution in [0.2, 0.25) is 0 Å². The Morgan fingerprint density at radius 3 is 2.87 bits per heavy atom. The average Bonchev–Trinajstić information content (AvgIpc) is 2.16. The van der Waals surface area contributed by atoms with Crippen molar-refractivity contribution in [2.24, 2.45) is 0 Å². The van der Waals surface area contributed by atoms with E-state index in [0.717, 1.165) is 20.1 Å². The molecule has 80 valence electrons. The van der Waals surface area contributed by atoms with Crippen LogP contribution in [0.25, 0.3) is 0 Å². The largest absolute Gasteiger partial charge is 0.480 e. The Bertz CT molecular complexity index is 420. The summed E-state index contributed by atoms with van der Waals surface area (Å²) in [6.07, 6.45) is 0.530. The molecule has 1 aromatic carbocycles. The van der Waals surface area contributed by atoms with Crippen molar-refractivity contribution in [1.82, 2.24) is 5.32 Å². The monoisotopic (exact) mass is 333 g/mol. The van der Waals surface area contributed by atoms with E-state index in [-0.39, 0.29) is 0 Å². The number of hydrogen-bond acceptors (Lipinski definition) is 2. The molecule has 0 saturated heterocycles. The van der Waals surface area contributed by atoms with Gasteiger partial charge in [-0.1, -0.05) is 31.9 Å². The van der Waals surface area contributed by atoms with Gasteiger partial charge < -0.3 is 5.11 Å². The summed E-state index contributed by atoms with van der Waals surface area (Å²) in [5.74, 6) is -0.795. The fourth-order valence-electron chi connectivity index (χ4n) is 1.73. The van der Waals surface area contributed by atoms with Crippen LogP contribution in [0.5, 0.6) is 0 Å². The van der Waals surface area contributed by atoms with Gasteiger partial charge in [-0.3, -0.25) is 10.1 Å². The first-order valence-corrected chi connectivity index (χ1v) is 6.09. The molecule has 2 rings (SSSR count). The Morgan fingerprint density at radius 1 is 1.47 bits per heavy atom. The summed E-state index contributed by atoms with van der Waals surface area (Å²) in [6, 6.07) is 3.48. The van der Waals surface area contributed by atoms with Crippen LogP contribution in [0.4, 0.5) is 0 Å². The highest BCUT2D eigenvalue weighted by atomic mass is 79.9. The minimum atomic E-state index is -0.795. The molecule has 0 aliphatic carbocycles. The smallest absolute Gasteiger partial charge is 0.321 e. The molecule has 1 unspecified atom stereocenters. The third-order valence-electron chi connectivity index (χ3n) is 2.50. The highest BCUT2D eigenvalue weighted by molar-refractivity contribution is 9.11. The predicted octanol–water partition coefficient (Wildman–Crippen LogP) is 2.31. The van der Waals surface area contributed by atoms with Gasteiger partial charge in [0.2, 0.25) is 0 Å². The molecule has 1 aliphatic heterocycles. The Labute approximate surface area is 104 Å². The molecule has 1 atom stereocenters. The maximum atomic E-state index is 10.8. The van der Waals surface area contributed by atoms with Crippen molar-refractivity contribution < 1.29 is 9.90 Å². The fourth-order valence-corrected chi connectivity index (χ4v) is 3.18. The van der Waals surface area contributed by atoms with E-state index in [0.29, 0.717) is 13.0 Å². The van der Waals surface area contributed by atoms with E-state index in [4.69, 9.17) is 5.11 Å². The number of carboxylic acids is 1. The third-order valence-corrected chi connectivity index (χ3v) is 3.67. The Morgan fingerprint density at radius 2 is 2.20 bits per heavy atom. The zero-order chi connectivity index (χ0) is 11.0. The first-order valence-electron chi connectivity index (χ1n) is 4.51. The van der Waals surface area contributed by atoms with Crippen LogP contribution in [0.3, 0.4) is 0 Å². The minimum Gasteiger partial charge on any atom is -0.480 e. The number of carboxylic acid groups (broad SMARTS) is 1. The van der Waals surface area contributed by atoms with Crippen molar-refractivity contribution in [3.63, 3.8) is 0 Å². The minimum absolute atomic E-state index is 0.473. The van der Waals surface area contributed by atoms with E-state index in [2.05, 4.69) is 37.2 Å². The molecule has 0 spiro atoms. The zero-order valence-corrected chi connectivity index (χ0v) is 10.9. The molecule has 1 aromatic rings. The summed E-state index contributed by atoms with van der Waals surface area (Å²) >= 11 is 6.87. The van der Waals surface area contributed by atoms with E-state index in [1.807, 2.05) is 12.1 Å². The van der Waals surface area contributed by atoms with E-state index < -0.39 is 12.0 Å². The molecule has 5 heteroatoms. The number of fused-ring (bicyclic) bond motifs is 1. The molecule has 3 nitrogen and oxygen atoms in total. The van der Waals surface area contributed by atoms with Crippen LogP contribution in [0, 0.1) is 0 Å². The van der Waals surface area contributed by atoms with Gasteiger partial charge >= 0.3 is 5.97 Å². The third kappa shape index (κ3) is 2.24. The van der Waals surface area contributed by atoms with Crippen LogP contribution >= 0.6 is 31.9 Å². The van der Waals surface area contributed by atoms with Gasteiger partial charge in [0.05, 0.1) is 0 Å². The number of aliphatic carboxylic acids is 1. The van der Waals surface area contributed by atoms with Crippen molar-refractivity contribution in [3.8, 4) is 0 Å². The van der Waals surface area contributed by atoms with Gasteiger partial charge in [-0.25, -0.2) is 0 Å². The lowest BCUT2D eigenvalue weighted by Crippen LogP contribution is -2.41. The van der Waals surface area contributed by atoms with Gasteiger partial charge in [0.15, 0.2) is 0 Å². The van der Waals surface area contributed by atoms with Crippen LogP contribution < -0.4 is 5.32 Å². The second-order valence-corrected chi connectivity index (χ2v) is 5.27. The lowest BCUT2D eigenvalue weighted by atomic mass is 9.96. The topological polar surface area (TPSA) is 49.3 Å². The summed E-state index contributed by atoms with van der Waals surface area (Å²) in [5, 5.41) is 11.9. The Kier molecular flexibility index (Phi) is 3.13. The van der Waals surface area contributed by atoms with Crippen molar-refractivity contribution >= 4 is 37.8 Å². The predicted molar refractivity (Wildman–Crippen MR) is 63.8 cm³/mol. The standard InChI is InChI=1S/C10H9Br2NO2/c11-6-1-5-2-9(10(14)15)13-4-7(5)8(12)3-6/h1,3,9,13H,2,4H2,(H,14,15). The highest BCUT2D eigenvalue weighted by Gasteiger charge is 2.24. The molecule has 15 heavy (non-hydrogen) atoms. The van der Waals surface area contributed by atoms with Crippen molar-refractivity contribution in [2.75, 3.05) is 0 Å². The average molecular weight is 335 g/mol. The molecule has 0 aromatic heterocycles. The van der Waals surface area contributed by atoms with Crippen LogP contribution in [0.1, 0.15) is 11.1 Å². The van der Waals surface area contributed by atoms with Crippen LogP contribution in [-0.4, -0.2) is 17.1 Å². The van der Waals surface area contributed by atoms with E-state index >= 15 is 0 Å². The number of halogens is 2. The summed E-state index contributed by atoms with van der Waals surface area (Å²) in [5.41, 5.74) is 2.23. The molecule has 0 bridgehead atoms. The zero-order valence-electron chi connectivity index (χ0n) is 7.76. The normalized spacial score (nSPS) is 19.7. The molecular weight excluding hydrogens is 326 g/mol. The molecule has 1 heterocycles. The quantitative estimate of drug-likeness (QED) is 0.828. The molecule has 2 N–H and O–H groups in total. The summed E-state index contributed by atoms with van der Waals surface area (Å²) in [4.78, 5) is 10.8. The maximum absolute atomic E-state index is 10.8. The first-order chi connectivity index (χ1) is 7.08. The van der Waals surface area contributed by atoms with Crippen LogP contribution in [-0.2, 0) is 17.8 Å². The molecular formula is C10H9Br2NO2. The van der Waals surface area contributed by atoms with E-state index in [1.165, 1.54) is 0 Å². The van der Waals surface area contributed by atoms with Gasteiger partial charge in [-0.05, 0) is 29.7 Å². The van der Waals surface area contributed by atoms with E-state index in [9.17, 15) is 4.79 Å². The highest BCUT2D eigenvalue weighted by Crippen LogP contribution is 2.29. The molecule has 0 fully saturated rings. The summed E-state index contributed by atoms with van der Waals surface area (Å²) in [6.45, 7) is 0.597.